The highest BCUT2D eigenvalue weighted by Gasteiger charge is 2.76. The van der Waals surface area contributed by atoms with Crippen molar-refractivity contribution < 1.29 is 14.3 Å². The zero-order valence-electron chi connectivity index (χ0n) is 19.4. The van der Waals surface area contributed by atoms with Crippen molar-refractivity contribution in [2.45, 2.75) is 11.0 Å². The number of hydrogen-bond acceptors (Lipinski definition) is 3. The second-order valence-electron chi connectivity index (χ2n) is 9.37. The van der Waals surface area contributed by atoms with E-state index in [2.05, 4.69) is 0 Å². The average Bonchev–Trinajstić information content (AvgIpc) is 3.43. The molecule has 0 radical (unpaired) electrons. The molecule has 5 heteroatoms. The molecule has 4 aromatic rings. The van der Waals surface area contributed by atoms with Crippen molar-refractivity contribution in [2.24, 2.45) is 0 Å². The zero-order valence-corrected chi connectivity index (χ0v) is 19.4. The minimum atomic E-state index is -1.53. The fourth-order valence-electron chi connectivity index (χ4n) is 6.30. The highest BCUT2D eigenvalue weighted by molar-refractivity contribution is 6.20. The molecule has 0 saturated heterocycles. The van der Waals surface area contributed by atoms with Crippen LogP contribution in [0.5, 0.6) is 5.75 Å². The topological polar surface area (TPSA) is 49.9 Å². The third kappa shape index (κ3) is 2.15. The maximum Gasteiger partial charge on any atom is 0.277 e. The number of carbonyl (C=O) groups excluding carboxylic acids is 2. The predicted octanol–water partition coefficient (Wildman–Crippen LogP) is 4.88. The molecule has 0 aliphatic carbocycles. The van der Waals surface area contributed by atoms with Gasteiger partial charge in [0.05, 0.1) is 5.69 Å². The first kappa shape index (κ1) is 20.0. The Balaban J connectivity index is 1.62. The van der Waals surface area contributed by atoms with Crippen molar-refractivity contribution in [3.05, 3.63) is 114 Å². The van der Waals surface area contributed by atoms with Gasteiger partial charge in [0.25, 0.3) is 5.91 Å². The minimum Gasteiger partial charge on any atom is -0.470 e. The third-order valence-electron chi connectivity index (χ3n) is 7.83. The number of fused-ring (bicyclic) bond motifs is 7. The van der Waals surface area contributed by atoms with E-state index in [-0.39, 0.29) is 11.8 Å². The molecule has 170 valence electrons. The summed E-state index contributed by atoms with van der Waals surface area (Å²) in [5.41, 5.74) is 2.89. The van der Waals surface area contributed by atoms with E-state index < -0.39 is 11.0 Å². The van der Waals surface area contributed by atoms with Gasteiger partial charge >= 0.3 is 0 Å². The van der Waals surface area contributed by atoms with Gasteiger partial charge in [-0.3, -0.25) is 9.59 Å². The number of nitrogens with zero attached hydrogens (tertiary/aromatic N) is 2. The van der Waals surface area contributed by atoms with Gasteiger partial charge in [-0.2, -0.15) is 0 Å². The van der Waals surface area contributed by atoms with Gasteiger partial charge in [-0.15, -0.1) is 0 Å². The standard InChI is InChI=1S/C30H22N2O3/c1-31-24-14-8-6-12-21(24)29(27(31)33)23-18-20(19-10-4-3-5-11-19)16-17-26(23)35-30(29)22-13-7-9-15-25(22)32(2)28(30)34/h3-18H,1-2H3. The van der Waals surface area contributed by atoms with Crippen LogP contribution in [0.2, 0.25) is 0 Å². The van der Waals surface area contributed by atoms with Crippen molar-refractivity contribution in [1.82, 2.24) is 0 Å². The lowest BCUT2D eigenvalue weighted by molar-refractivity contribution is -0.142. The third-order valence-corrected chi connectivity index (χ3v) is 7.83. The molecule has 2 unspecified atom stereocenters. The first-order valence-electron chi connectivity index (χ1n) is 11.7. The fourth-order valence-corrected chi connectivity index (χ4v) is 6.30. The van der Waals surface area contributed by atoms with Crippen molar-refractivity contribution in [3.63, 3.8) is 0 Å². The van der Waals surface area contributed by atoms with Crippen LogP contribution in [0.15, 0.2) is 97.1 Å². The van der Waals surface area contributed by atoms with Crippen LogP contribution in [-0.2, 0) is 20.6 Å². The van der Waals surface area contributed by atoms with E-state index in [0.29, 0.717) is 11.3 Å². The van der Waals surface area contributed by atoms with Crippen LogP contribution in [-0.4, -0.2) is 25.9 Å². The minimum absolute atomic E-state index is 0.166. The summed E-state index contributed by atoms with van der Waals surface area (Å²) in [6, 6.07) is 31.3. The maximum atomic E-state index is 14.5. The van der Waals surface area contributed by atoms with Crippen molar-refractivity contribution in [1.29, 1.82) is 0 Å². The fraction of sp³-hybridized carbons (Fsp3) is 0.133. The Morgan fingerprint density at radius 1 is 0.600 bits per heavy atom. The number of rotatable bonds is 1. The number of likely N-dealkylation sites (N-methyl/N-ethyl adjacent to an activating group) is 2. The lowest BCUT2D eigenvalue weighted by Gasteiger charge is -2.37. The van der Waals surface area contributed by atoms with Crippen molar-refractivity contribution >= 4 is 23.2 Å². The van der Waals surface area contributed by atoms with Crippen LogP contribution in [0.4, 0.5) is 11.4 Å². The Bertz CT molecular complexity index is 1560. The molecule has 3 heterocycles. The summed E-state index contributed by atoms with van der Waals surface area (Å²) in [6.45, 7) is 0. The number of benzene rings is 4. The van der Waals surface area contributed by atoms with E-state index in [1.54, 1.807) is 23.9 Å². The van der Waals surface area contributed by atoms with E-state index in [9.17, 15) is 9.59 Å². The average molecular weight is 459 g/mol. The van der Waals surface area contributed by atoms with E-state index in [1.807, 2.05) is 97.1 Å². The Hall–Kier alpha value is -4.38. The quantitative estimate of drug-likeness (QED) is 0.409. The molecule has 4 aromatic carbocycles. The summed E-state index contributed by atoms with van der Waals surface area (Å²) in [5.74, 6) is 0.150. The van der Waals surface area contributed by atoms with Crippen LogP contribution in [0.3, 0.4) is 0 Å². The summed E-state index contributed by atoms with van der Waals surface area (Å²) in [5, 5.41) is 0. The molecule has 0 N–H and O–H groups in total. The second-order valence-corrected chi connectivity index (χ2v) is 9.37. The van der Waals surface area contributed by atoms with Gasteiger partial charge in [-0.05, 0) is 35.4 Å². The molecular weight excluding hydrogens is 436 g/mol. The first-order chi connectivity index (χ1) is 17.0. The van der Waals surface area contributed by atoms with Gasteiger partial charge in [0.1, 0.15) is 5.75 Å². The molecule has 35 heavy (non-hydrogen) atoms. The summed E-state index contributed by atoms with van der Waals surface area (Å²) in [6.07, 6.45) is 0. The molecule has 7 rings (SSSR count). The molecule has 3 aliphatic heterocycles. The van der Waals surface area contributed by atoms with Crippen LogP contribution >= 0.6 is 0 Å². The van der Waals surface area contributed by atoms with Crippen molar-refractivity contribution in [2.75, 3.05) is 23.9 Å². The van der Waals surface area contributed by atoms with E-state index in [4.69, 9.17) is 4.74 Å². The molecule has 0 saturated carbocycles. The van der Waals surface area contributed by atoms with Gasteiger partial charge in [0, 0.05) is 36.5 Å². The highest BCUT2D eigenvalue weighted by atomic mass is 16.5. The molecule has 5 nitrogen and oxygen atoms in total. The van der Waals surface area contributed by atoms with Gasteiger partial charge in [0.2, 0.25) is 11.5 Å². The van der Waals surface area contributed by atoms with E-state index >= 15 is 0 Å². The summed E-state index contributed by atoms with van der Waals surface area (Å²) < 4.78 is 6.73. The normalized spacial score (nSPS) is 23.6. The number of anilines is 2. The number of amides is 2. The smallest absolute Gasteiger partial charge is 0.277 e. The van der Waals surface area contributed by atoms with E-state index in [0.717, 1.165) is 33.6 Å². The molecular formula is C30H22N2O3. The molecule has 3 aliphatic rings. The summed E-state index contributed by atoms with van der Waals surface area (Å²) in [7, 11) is 3.53. The predicted molar refractivity (Wildman–Crippen MR) is 135 cm³/mol. The zero-order chi connectivity index (χ0) is 23.9. The molecule has 2 atom stereocenters. The lowest BCUT2D eigenvalue weighted by atomic mass is 9.62. The summed E-state index contributed by atoms with van der Waals surface area (Å²) in [4.78, 5) is 32.0. The lowest BCUT2D eigenvalue weighted by Crippen LogP contribution is -2.59. The van der Waals surface area contributed by atoms with Gasteiger partial charge < -0.3 is 14.5 Å². The largest absolute Gasteiger partial charge is 0.470 e. The first-order valence-corrected chi connectivity index (χ1v) is 11.7. The molecule has 2 amide bonds. The van der Waals surface area contributed by atoms with Crippen LogP contribution in [0, 0.1) is 0 Å². The summed E-state index contributed by atoms with van der Waals surface area (Å²) >= 11 is 0. The molecule has 2 spiro atoms. The molecule has 0 bridgehead atoms. The second kappa shape index (κ2) is 6.60. The van der Waals surface area contributed by atoms with Crippen LogP contribution < -0.4 is 14.5 Å². The van der Waals surface area contributed by atoms with Crippen molar-refractivity contribution in [3.8, 4) is 16.9 Å². The van der Waals surface area contributed by atoms with Gasteiger partial charge in [-0.1, -0.05) is 72.8 Å². The highest BCUT2D eigenvalue weighted by Crippen LogP contribution is 2.66. The maximum absolute atomic E-state index is 14.5. The number of para-hydroxylation sites is 2. The SMILES string of the molecule is CN1C(=O)C2(Oc3ccc(-c4ccccc4)cc3C23C(=O)N(C)c2ccccc23)c2ccccc21. The Kier molecular flexibility index (Phi) is 3.78. The van der Waals surface area contributed by atoms with Crippen LogP contribution in [0.1, 0.15) is 16.7 Å². The monoisotopic (exact) mass is 458 g/mol. The number of ether oxygens (including phenoxy) is 1. The number of carbonyl (C=O) groups is 2. The Morgan fingerprint density at radius 2 is 1.20 bits per heavy atom. The van der Waals surface area contributed by atoms with Gasteiger partial charge in [0.15, 0.2) is 5.41 Å². The number of hydrogen-bond donors (Lipinski definition) is 0. The Labute approximate surface area is 203 Å². The Morgan fingerprint density at radius 3 is 1.94 bits per heavy atom. The van der Waals surface area contributed by atoms with Crippen LogP contribution in [0.25, 0.3) is 11.1 Å². The van der Waals surface area contributed by atoms with E-state index in [1.165, 1.54) is 0 Å². The molecule has 0 fully saturated rings. The molecule has 0 aromatic heterocycles. The van der Waals surface area contributed by atoms with Gasteiger partial charge in [-0.25, -0.2) is 0 Å².